The van der Waals surface area contributed by atoms with Gasteiger partial charge >= 0.3 is 6.09 Å². The second-order valence-corrected chi connectivity index (χ2v) is 5.73. The highest BCUT2D eigenvalue weighted by Gasteiger charge is 2.37. The first-order valence-electron chi connectivity index (χ1n) is 7.84. The van der Waals surface area contributed by atoms with Crippen molar-refractivity contribution >= 4 is 17.9 Å². The van der Waals surface area contributed by atoms with Gasteiger partial charge in [0.05, 0.1) is 0 Å². The van der Waals surface area contributed by atoms with Crippen molar-refractivity contribution in [3.8, 4) is 0 Å². The maximum Gasteiger partial charge on any atom is 0.410 e. The molecule has 0 aromatic heterocycles. The Morgan fingerprint density at radius 2 is 2.12 bits per heavy atom. The summed E-state index contributed by atoms with van der Waals surface area (Å²) in [6.07, 6.45) is 0.733. The summed E-state index contributed by atoms with van der Waals surface area (Å²) in [4.78, 5) is 42.2. The van der Waals surface area contributed by atoms with Crippen molar-refractivity contribution in [1.82, 2.24) is 15.7 Å². The molecule has 1 aromatic rings. The molecule has 0 radical (unpaired) electrons. The van der Waals surface area contributed by atoms with Crippen molar-refractivity contribution < 1.29 is 24.0 Å². The molecule has 128 valence electrons. The van der Waals surface area contributed by atoms with Crippen LogP contribution in [0.25, 0.3) is 0 Å². The summed E-state index contributed by atoms with van der Waals surface area (Å²) in [7, 11) is 0. The Kier molecular flexibility index (Phi) is 4.95. The summed E-state index contributed by atoms with van der Waals surface area (Å²) in [6, 6.07) is 7.99. The number of hydrogen-bond acceptors (Lipinski definition) is 5. The zero-order valence-electron chi connectivity index (χ0n) is 13.1. The van der Waals surface area contributed by atoms with Crippen molar-refractivity contribution in [2.45, 2.75) is 31.5 Å². The average Bonchev–Trinajstić information content (AvgIpc) is 3.23. The Balaban J connectivity index is 1.55. The maximum absolute atomic E-state index is 12.3. The van der Waals surface area contributed by atoms with E-state index < -0.39 is 18.2 Å². The molecule has 3 amide bonds. The van der Waals surface area contributed by atoms with Crippen LogP contribution in [0.2, 0.25) is 0 Å². The number of benzene rings is 1. The first-order valence-corrected chi connectivity index (χ1v) is 7.84. The number of amides is 3. The minimum Gasteiger partial charge on any atom is -0.445 e. The van der Waals surface area contributed by atoms with Crippen LogP contribution in [0.3, 0.4) is 0 Å². The maximum atomic E-state index is 12.3. The van der Waals surface area contributed by atoms with Gasteiger partial charge in [0.25, 0.3) is 5.91 Å². The van der Waals surface area contributed by atoms with Crippen molar-refractivity contribution in [3.05, 3.63) is 35.9 Å². The first-order chi connectivity index (χ1) is 11.6. The number of rotatable bonds is 4. The van der Waals surface area contributed by atoms with Crippen LogP contribution < -0.4 is 10.8 Å². The van der Waals surface area contributed by atoms with Gasteiger partial charge in [-0.25, -0.2) is 10.3 Å². The van der Waals surface area contributed by atoms with Gasteiger partial charge < -0.3 is 10.1 Å². The molecule has 0 bridgehead atoms. The number of carbonyl (C=O) groups is 3. The molecule has 1 unspecified atom stereocenters. The quantitative estimate of drug-likeness (QED) is 0.828. The zero-order chi connectivity index (χ0) is 16.9. The Hall–Kier alpha value is -2.61. The highest BCUT2D eigenvalue weighted by atomic mass is 16.7. The van der Waals surface area contributed by atoms with E-state index in [-0.39, 0.29) is 25.0 Å². The van der Waals surface area contributed by atoms with E-state index in [1.807, 2.05) is 30.3 Å². The van der Waals surface area contributed by atoms with E-state index >= 15 is 0 Å². The lowest BCUT2D eigenvalue weighted by Crippen LogP contribution is -2.51. The summed E-state index contributed by atoms with van der Waals surface area (Å²) in [6.45, 7) is 0.693. The highest BCUT2D eigenvalue weighted by Crippen LogP contribution is 2.19. The fourth-order valence-corrected chi connectivity index (χ4v) is 2.78. The van der Waals surface area contributed by atoms with E-state index in [1.54, 1.807) is 0 Å². The molecule has 2 N–H and O–H groups in total. The van der Waals surface area contributed by atoms with Gasteiger partial charge in [-0.15, -0.1) is 0 Å². The third kappa shape index (κ3) is 3.65. The van der Waals surface area contributed by atoms with Crippen molar-refractivity contribution in [1.29, 1.82) is 0 Å². The second kappa shape index (κ2) is 7.31. The molecule has 2 aliphatic rings. The van der Waals surface area contributed by atoms with Gasteiger partial charge in [-0.2, -0.15) is 0 Å². The van der Waals surface area contributed by atoms with E-state index in [0.29, 0.717) is 19.4 Å². The fourth-order valence-electron chi connectivity index (χ4n) is 2.78. The van der Waals surface area contributed by atoms with E-state index in [2.05, 4.69) is 10.8 Å². The van der Waals surface area contributed by atoms with E-state index in [0.717, 1.165) is 5.56 Å². The standard InChI is InChI=1S/C16H19N3O5/c20-14-12(10-24-18-14)17-15(21)13-7-4-8-19(13)16(22)23-9-11-5-2-1-3-6-11/h1-3,5-6,12-13H,4,7-10H2,(H,17,21)(H,18,20)/t12-,13?/m1/s1. The number of carbonyl (C=O) groups excluding carboxylic acids is 3. The molecule has 8 heteroatoms. The second-order valence-electron chi connectivity index (χ2n) is 5.73. The highest BCUT2D eigenvalue weighted by molar-refractivity contribution is 5.91. The predicted molar refractivity (Wildman–Crippen MR) is 82.4 cm³/mol. The van der Waals surface area contributed by atoms with Crippen LogP contribution in [0.4, 0.5) is 4.79 Å². The topological polar surface area (TPSA) is 97.0 Å². The van der Waals surface area contributed by atoms with Gasteiger partial charge in [0.15, 0.2) is 0 Å². The van der Waals surface area contributed by atoms with Crippen LogP contribution in [-0.4, -0.2) is 48.0 Å². The fraction of sp³-hybridized carbons (Fsp3) is 0.438. The van der Waals surface area contributed by atoms with Gasteiger partial charge in [-0.1, -0.05) is 30.3 Å². The third-order valence-electron chi connectivity index (χ3n) is 4.05. The van der Waals surface area contributed by atoms with Gasteiger partial charge in [0.1, 0.15) is 25.3 Å². The smallest absolute Gasteiger partial charge is 0.410 e. The SMILES string of the molecule is O=C(N[C@@H]1CONC1=O)C1CCCN1C(=O)OCc1ccccc1. The van der Waals surface area contributed by atoms with E-state index in [9.17, 15) is 14.4 Å². The molecule has 2 heterocycles. The zero-order valence-corrected chi connectivity index (χ0v) is 13.1. The molecule has 0 saturated carbocycles. The Labute approximate surface area is 139 Å². The molecule has 3 rings (SSSR count). The van der Waals surface area contributed by atoms with Crippen LogP contribution in [-0.2, 0) is 25.8 Å². The predicted octanol–water partition coefficient (Wildman–Crippen LogP) is 0.334. The number of nitrogens with one attached hydrogen (secondary N) is 2. The van der Waals surface area contributed by atoms with Crippen LogP contribution in [0.5, 0.6) is 0 Å². The molecule has 0 aliphatic carbocycles. The lowest BCUT2D eigenvalue weighted by molar-refractivity contribution is -0.130. The molecule has 8 nitrogen and oxygen atoms in total. The number of hydrogen-bond donors (Lipinski definition) is 2. The Bertz CT molecular complexity index is 621. The van der Waals surface area contributed by atoms with Gasteiger partial charge in [-0.05, 0) is 18.4 Å². The molecule has 2 saturated heterocycles. The first kappa shape index (κ1) is 16.3. The number of hydroxylamine groups is 1. The summed E-state index contributed by atoms with van der Waals surface area (Å²) >= 11 is 0. The van der Waals surface area contributed by atoms with Gasteiger partial charge in [0.2, 0.25) is 5.91 Å². The van der Waals surface area contributed by atoms with Crippen LogP contribution in [0.15, 0.2) is 30.3 Å². The lowest BCUT2D eigenvalue weighted by Gasteiger charge is -2.24. The lowest BCUT2D eigenvalue weighted by atomic mass is 10.2. The average molecular weight is 333 g/mol. The van der Waals surface area contributed by atoms with Crippen LogP contribution in [0.1, 0.15) is 18.4 Å². The largest absolute Gasteiger partial charge is 0.445 e. The van der Waals surface area contributed by atoms with Gasteiger partial charge in [-0.3, -0.25) is 19.3 Å². The summed E-state index contributed by atoms with van der Waals surface area (Å²) < 4.78 is 5.29. The number of likely N-dealkylation sites (tertiary alicyclic amines) is 1. The Morgan fingerprint density at radius 3 is 2.83 bits per heavy atom. The monoisotopic (exact) mass is 333 g/mol. The Morgan fingerprint density at radius 1 is 1.33 bits per heavy atom. The van der Waals surface area contributed by atoms with Crippen molar-refractivity contribution in [3.63, 3.8) is 0 Å². The summed E-state index contributed by atoms with van der Waals surface area (Å²) in [5.41, 5.74) is 3.06. The molecule has 24 heavy (non-hydrogen) atoms. The van der Waals surface area contributed by atoms with Crippen molar-refractivity contribution in [2.24, 2.45) is 0 Å². The van der Waals surface area contributed by atoms with E-state index in [4.69, 9.17) is 9.57 Å². The minimum absolute atomic E-state index is 0.0791. The van der Waals surface area contributed by atoms with Crippen LogP contribution in [0, 0.1) is 0 Å². The normalized spacial score (nSPS) is 23.0. The number of nitrogens with zero attached hydrogens (tertiary/aromatic N) is 1. The molecular weight excluding hydrogens is 314 g/mol. The molecule has 2 fully saturated rings. The molecule has 2 atom stereocenters. The van der Waals surface area contributed by atoms with E-state index in [1.165, 1.54) is 4.90 Å². The molecular formula is C16H19N3O5. The molecule has 2 aliphatic heterocycles. The van der Waals surface area contributed by atoms with Crippen LogP contribution >= 0.6 is 0 Å². The molecule has 1 aromatic carbocycles. The molecule has 0 spiro atoms. The summed E-state index contributed by atoms with van der Waals surface area (Å²) in [5, 5.41) is 2.60. The summed E-state index contributed by atoms with van der Waals surface area (Å²) in [5.74, 6) is -0.755. The van der Waals surface area contributed by atoms with Crippen molar-refractivity contribution in [2.75, 3.05) is 13.2 Å². The third-order valence-corrected chi connectivity index (χ3v) is 4.05. The number of ether oxygens (including phenoxy) is 1. The van der Waals surface area contributed by atoms with Gasteiger partial charge in [0, 0.05) is 6.54 Å². The minimum atomic E-state index is -0.722.